The number of aromatic nitrogens is 3. The molecular formula is C14H19N5O2. The zero-order valence-corrected chi connectivity index (χ0v) is 12.5. The highest BCUT2D eigenvalue weighted by Gasteiger charge is 2.17. The lowest BCUT2D eigenvalue weighted by Crippen LogP contribution is -2.09. The number of rotatable bonds is 6. The molecule has 112 valence electrons. The third-order valence-corrected chi connectivity index (χ3v) is 3.32. The Morgan fingerprint density at radius 3 is 2.67 bits per heavy atom. The van der Waals surface area contributed by atoms with Gasteiger partial charge in [-0.25, -0.2) is 9.67 Å². The van der Waals surface area contributed by atoms with E-state index in [2.05, 4.69) is 15.4 Å². The topological polar surface area (TPSA) is 85.9 Å². The summed E-state index contributed by atoms with van der Waals surface area (Å²) in [6.07, 6.45) is 1.55. The van der Waals surface area contributed by atoms with Crippen molar-refractivity contribution in [1.29, 1.82) is 0 Å². The molecule has 0 unspecified atom stereocenters. The zero-order valence-electron chi connectivity index (χ0n) is 12.5. The molecule has 0 spiro atoms. The molecule has 1 aromatic carbocycles. The number of anilines is 1. The molecule has 0 atom stereocenters. The molecule has 0 aliphatic carbocycles. The SMILES string of the molecule is CCc1nc(CC)n(Cc2cccc([N+](=O)[O-])c2NC)n1. The van der Waals surface area contributed by atoms with Gasteiger partial charge >= 0.3 is 0 Å². The maximum absolute atomic E-state index is 11.1. The van der Waals surface area contributed by atoms with E-state index >= 15 is 0 Å². The Balaban J connectivity index is 2.42. The van der Waals surface area contributed by atoms with Gasteiger partial charge in [0.05, 0.1) is 11.5 Å². The monoisotopic (exact) mass is 289 g/mol. The normalized spacial score (nSPS) is 10.6. The molecule has 0 amide bonds. The van der Waals surface area contributed by atoms with E-state index in [9.17, 15) is 10.1 Å². The van der Waals surface area contributed by atoms with Crippen molar-refractivity contribution in [1.82, 2.24) is 14.8 Å². The standard InChI is InChI=1S/C14H19N5O2/c1-4-12-16-13(5-2)18(17-12)9-10-7-6-8-11(19(20)21)14(10)15-3/h6-8,15H,4-5,9H2,1-3H3. The smallest absolute Gasteiger partial charge is 0.292 e. The Labute approximate surface area is 123 Å². The van der Waals surface area contributed by atoms with Gasteiger partial charge in [0.1, 0.15) is 11.5 Å². The summed E-state index contributed by atoms with van der Waals surface area (Å²) in [5, 5.41) is 18.5. The van der Waals surface area contributed by atoms with Gasteiger partial charge in [0.15, 0.2) is 5.82 Å². The largest absolute Gasteiger partial charge is 0.382 e. The summed E-state index contributed by atoms with van der Waals surface area (Å²) in [5.74, 6) is 1.68. The van der Waals surface area contributed by atoms with Gasteiger partial charge in [0, 0.05) is 31.5 Å². The maximum Gasteiger partial charge on any atom is 0.292 e. The van der Waals surface area contributed by atoms with Crippen LogP contribution in [-0.2, 0) is 19.4 Å². The van der Waals surface area contributed by atoms with Crippen molar-refractivity contribution in [3.05, 3.63) is 45.5 Å². The molecule has 2 aromatic rings. The van der Waals surface area contributed by atoms with E-state index in [-0.39, 0.29) is 10.6 Å². The number of benzene rings is 1. The summed E-state index contributed by atoms with van der Waals surface area (Å²) < 4.78 is 1.82. The highest BCUT2D eigenvalue weighted by Crippen LogP contribution is 2.28. The van der Waals surface area contributed by atoms with Crippen LogP contribution in [0.5, 0.6) is 0 Å². The van der Waals surface area contributed by atoms with Crippen LogP contribution in [0.25, 0.3) is 0 Å². The summed E-state index contributed by atoms with van der Waals surface area (Å²) in [5.41, 5.74) is 1.43. The number of nitrogens with zero attached hydrogens (tertiary/aromatic N) is 4. The van der Waals surface area contributed by atoms with Gasteiger partial charge in [-0.3, -0.25) is 10.1 Å². The third kappa shape index (κ3) is 3.01. The molecule has 0 aliphatic rings. The zero-order chi connectivity index (χ0) is 15.4. The molecular weight excluding hydrogens is 270 g/mol. The summed E-state index contributed by atoms with van der Waals surface area (Å²) in [7, 11) is 1.69. The summed E-state index contributed by atoms with van der Waals surface area (Å²) in [6, 6.07) is 5.05. The van der Waals surface area contributed by atoms with Gasteiger partial charge in [-0.15, -0.1) is 0 Å². The number of para-hydroxylation sites is 1. The van der Waals surface area contributed by atoms with Crippen LogP contribution >= 0.6 is 0 Å². The highest BCUT2D eigenvalue weighted by atomic mass is 16.6. The molecule has 21 heavy (non-hydrogen) atoms. The Hall–Kier alpha value is -2.44. The lowest BCUT2D eigenvalue weighted by molar-refractivity contribution is -0.384. The van der Waals surface area contributed by atoms with Crippen molar-refractivity contribution in [3.8, 4) is 0 Å². The van der Waals surface area contributed by atoms with Crippen LogP contribution in [0.15, 0.2) is 18.2 Å². The molecule has 0 bridgehead atoms. The van der Waals surface area contributed by atoms with Crippen molar-refractivity contribution < 1.29 is 4.92 Å². The van der Waals surface area contributed by atoms with Gasteiger partial charge in [-0.2, -0.15) is 5.10 Å². The predicted octanol–water partition coefficient (Wildman–Crippen LogP) is 2.40. The Bertz CT molecular complexity index is 651. The van der Waals surface area contributed by atoms with Crippen LogP contribution in [0.1, 0.15) is 31.1 Å². The molecule has 7 heteroatoms. The molecule has 1 N–H and O–H groups in total. The molecule has 2 rings (SSSR count). The predicted molar refractivity (Wildman–Crippen MR) is 80.5 cm³/mol. The van der Waals surface area contributed by atoms with E-state index in [1.807, 2.05) is 24.6 Å². The van der Waals surface area contributed by atoms with Gasteiger partial charge in [-0.05, 0) is 0 Å². The summed E-state index contributed by atoms with van der Waals surface area (Å²) in [4.78, 5) is 15.2. The van der Waals surface area contributed by atoms with E-state index in [0.29, 0.717) is 12.2 Å². The number of hydrogen-bond donors (Lipinski definition) is 1. The van der Waals surface area contributed by atoms with Crippen molar-refractivity contribution in [2.24, 2.45) is 0 Å². The summed E-state index contributed by atoms with van der Waals surface area (Å²) in [6.45, 7) is 4.49. The maximum atomic E-state index is 11.1. The average molecular weight is 289 g/mol. The fourth-order valence-corrected chi connectivity index (χ4v) is 2.28. The first-order valence-corrected chi connectivity index (χ1v) is 6.97. The minimum Gasteiger partial charge on any atom is -0.382 e. The van der Waals surface area contributed by atoms with Crippen LogP contribution in [-0.4, -0.2) is 26.7 Å². The number of nitro groups is 1. The number of nitro benzene ring substituents is 1. The van der Waals surface area contributed by atoms with Crippen molar-refractivity contribution in [2.75, 3.05) is 12.4 Å². The van der Waals surface area contributed by atoms with Crippen LogP contribution in [0.4, 0.5) is 11.4 Å². The average Bonchev–Trinajstić information content (AvgIpc) is 2.89. The second-order valence-corrected chi connectivity index (χ2v) is 4.63. The molecule has 0 saturated heterocycles. The highest BCUT2D eigenvalue weighted by molar-refractivity contribution is 5.66. The first-order valence-electron chi connectivity index (χ1n) is 6.97. The van der Waals surface area contributed by atoms with Gasteiger partial charge < -0.3 is 5.32 Å². The van der Waals surface area contributed by atoms with Crippen LogP contribution < -0.4 is 5.32 Å². The molecule has 1 heterocycles. The van der Waals surface area contributed by atoms with E-state index in [0.717, 1.165) is 30.1 Å². The van der Waals surface area contributed by atoms with Gasteiger partial charge in [0.2, 0.25) is 0 Å². The second kappa shape index (κ2) is 6.34. The molecule has 7 nitrogen and oxygen atoms in total. The number of hydrogen-bond acceptors (Lipinski definition) is 5. The van der Waals surface area contributed by atoms with E-state index in [1.165, 1.54) is 6.07 Å². The molecule has 0 aliphatic heterocycles. The lowest BCUT2D eigenvalue weighted by atomic mass is 10.1. The van der Waals surface area contributed by atoms with Crippen molar-refractivity contribution in [2.45, 2.75) is 33.2 Å². The van der Waals surface area contributed by atoms with Gasteiger partial charge in [-0.1, -0.05) is 26.0 Å². The molecule has 0 saturated carbocycles. The van der Waals surface area contributed by atoms with E-state index in [4.69, 9.17) is 0 Å². The van der Waals surface area contributed by atoms with Gasteiger partial charge in [0.25, 0.3) is 5.69 Å². The Kier molecular flexibility index (Phi) is 4.52. The van der Waals surface area contributed by atoms with Crippen molar-refractivity contribution >= 4 is 11.4 Å². The van der Waals surface area contributed by atoms with E-state index in [1.54, 1.807) is 13.1 Å². The Morgan fingerprint density at radius 1 is 1.33 bits per heavy atom. The molecule has 1 aromatic heterocycles. The number of aryl methyl sites for hydroxylation is 2. The van der Waals surface area contributed by atoms with E-state index < -0.39 is 0 Å². The quantitative estimate of drug-likeness (QED) is 0.652. The van der Waals surface area contributed by atoms with Crippen molar-refractivity contribution in [3.63, 3.8) is 0 Å². The number of nitrogens with one attached hydrogen (secondary N) is 1. The minimum absolute atomic E-state index is 0.0730. The fourth-order valence-electron chi connectivity index (χ4n) is 2.28. The second-order valence-electron chi connectivity index (χ2n) is 4.63. The lowest BCUT2D eigenvalue weighted by Gasteiger charge is -2.10. The van der Waals surface area contributed by atoms with Crippen LogP contribution in [0.3, 0.4) is 0 Å². The van der Waals surface area contributed by atoms with Crippen LogP contribution in [0.2, 0.25) is 0 Å². The summed E-state index contributed by atoms with van der Waals surface area (Å²) >= 11 is 0. The Morgan fingerprint density at radius 2 is 2.10 bits per heavy atom. The fraction of sp³-hybridized carbons (Fsp3) is 0.429. The minimum atomic E-state index is -0.380. The van der Waals surface area contributed by atoms with Crippen LogP contribution in [0, 0.1) is 10.1 Å². The molecule has 0 radical (unpaired) electrons. The first-order chi connectivity index (χ1) is 10.1. The third-order valence-electron chi connectivity index (χ3n) is 3.32. The molecule has 0 fully saturated rings. The first kappa shape index (κ1) is 15.0.